The molecule has 2 amide bonds. The van der Waals surface area contributed by atoms with E-state index in [2.05, 4.69) is 15.5 Å². The Bertz CT molecular complexity index is 933. The third-order valence-electron chi connectivity index (χ3n) is 3.81. The van der Waals surface area contributed by atoms with Crippen LogP contribution >= 0.6 is 23.1 Å². The zero-order valence-electron chi connectivity index (χ0n) is 15.6. The molecule has 0 spiro atoms. The minimum absolute atomic E-state index is 0.0508. The van der Waals surface area contributed by atoms with E-state index in [-0.39, 0.29) is 24.0 Å². The number of nitrogens with zero attached hydrogens (tertiary/aromatic N) is 3. The number of fused-ring (bicyclic) bond motifs is 1. The average molecular weight is 446 g/mol. The number of nitrogens with one attached hydrogen (secondary N) is 1. The van der Waals surface area contributed by atoms with Crippen LogP contribution in [0.15, 0.2) is 22.5 Å². The minimum atomic E-state index is -4.55. The lowest BCUT2D eigenvalue weighted by atomic mass is 10.1. The van der Waals surface area contributed by atoms with E-state index in [1.54, 1.807) is 6.92 Å². The maximum atomic E-state index is 12.9. The lowest BCUT2D eigenvalue weighted by Gasteiger charge is -2.31. The van der Waals surface area contributed by atoms with Gasteiger partial charge >= 0.3 is 6.18 Å². The van der Waals surface area contributed by atoms with Crippen molar-refractivity contribution in [3.8, 4) is 5.19 Å². The predicted molar refractivity (Wildman–Crippen MR) is 103 cm³/mol. The average Bonchev–Trinajstić information content (AvgIpc) is 3.04. The number of hydrogen-bond acceptors (Lipinski definition) is 7. The van der Waals surface area contributed by atoms with E-state index in [0.29, 0.717) is 9.53 Å². The van der Waals surface area contributed by atoms with E-state index in [1.807, 2.05) is 13.8 Å². The van der Waals surface area contributed by atoms with Crippen LogP contribution in [0.25, 0.3) is 0 Å². The number of thioether (sulfide) groups is 1. The summed E-state index contributed by atoms with van der Waals surface area (Å²) in [6.07, 6.45) is -4.62. The molecule has 29 heavy (non-hydrogen) atoms. The molecular weight excluding hydrogens is 429 g/mol. The second-order valence-electron chi connectivity index (χ2n) is 6.46. The van der Waals surface area contributed by atoms with Crippen molar-refractivity contribution >= 4 is 46.3 Å². The van der Waals surface area contributed by atoms with Crippen molar-refractivity contribution in [1.82, 2.24) is 10.2 Å². The fourth-order valence-corrected chi connectivity index (χ4v) is 4.59. The van der Waals surface area contributed by atoms with Gasteiger partial charge in [-0.1, -0.05) is 16.9 Å². The second kappa shape index (κ2) is 8.19. The summed E-state index contributed by atoms with van der Waals surface area (Å²) in [6.45, 7) is 5.06. The number of ether oxygens (including phenoxy) is 1. The largest absolute Gasteiger partial charge is 0.466 e. The SMILES string of the molecule is CC(C)Oc1nnc(SC(C)C(=O)N2CC(=O)Nc3cc(C(F)(F)F)ccc32)s1. The summed E-state index contributed by atoms with van der Waals surface area (Å²) in [5, 5.41) is 9.99. The molecule has 0 bridgehead atoms. The van der Waals surface area contributed by atoms with Gasteiger partial charge in [-0.2, -0.15) is 13.2 Å². The first-order valence-electron chi connectivity index (χ1n) is 8.54. The van der Waals surface area contributed by atoms with Gasteiger partial charge in [0, 0.05) is 0 Å². The van der Waals surface area contributed by atoms with Gasteiger partial charge in [0.1, 0.15) is 6.54 Å². The molecule has 1 aromatic carbocycles. The van der Waals surface area contributed by atoms with Crippen LogP contribution < -0.4 is 15.0 Å². The van der Waals surface area contributed by atoms with Crippen molar-refractivity contribution in [2.45, 2.75) is 42.6 Å². The van der Waals surface area contributed by atoms with Crippen molar-refractivity contribution in [3.05, 3.63) is 23.8 Å². The number of hydrogen-bond donors (Lipinski definition) is 1. The molecule has 0 saturated heterocycles. The molecule has 0 aliphatic carbocycles. The molecule has 1 aliphatic heterocycles. The molecule has 1 unspecified atom stereocenters. The Balaban J connectivity index is 1.78. The van der Waals surface area contributed by atoms with E-state index in [9.17, 15) is 22.8 Å². The fourth-order valence-electron chi connectivity index (χ4n) is 2.58. The zero-order valence-corrected chi connectivity index (χ0v) is 17.2. The van der Waals surface area contributed by atoms with Gasteiger partial charge < -0.3 is 10.1 Å². The molecule has 2 aromatic rings. The number of carbonyl (C=O) groups excluding carboxylic acids is 2. The number of carbonyl (C=O) groups is 2. The maximum Gasteiger partial charge on any atom is 0.416 e. The Kier molecular flexibility index (Phi) is 6.03. The molecule has 1 atom stereocenters. The van der Waals surface area contributed by atoms with Crippen molar-refractivity contribution in [3.63, 3.8) is 0 Å². The Morgan fingerprint density at radius 3 is 2.69 bits per heavy atom. The highest BCUT2D eigenvalue weighted by Crippen LogP contribution is 2.38. The van der Waals surface area contributed by atoms with Crippen molar-refractivity contribution in [1.29, 1.82) is 0 Å². The topological polar surface area (TPSA) is 84.4 Å². The molecule has 0 radical (unpaired) electrons. The molecule has 1 aromatic heterocycles. The number of benzene rings is 1. The Morgan fingerprint density at radius 2 is 2.03 bits per heavy atom. The maximum absolute atomic E-state index is 12.9. The first-order chi connectivity index (χ1) is 13.5. The Morgan fingerprint density at radius 1 is 1.31 bits per heavy atom. The summed E-state index contributed by atoms with van der Waals surface area (Å²) in [6, 6.07) is 2.89. The zero-order chi connectivity index (χ0) is 21.3. The molecule has 0 saturated carbocycles. The summed E-state index contributed by atoms with van der Waals surface area (Å²) in [4.78, 5) is 26.0. The third-order valence-corrected chi connectivity index (χ3v) is 5.79. The van der Waals surface area contributed by atoms with Crippen LogP contribution in [-0.4, -0.2) is 39.9 Å². The van der Waals surface area contributed by atoms with E-state index < -0.39 is 28.8 Å². The van der Waals surface area contributed by atoms with Crippen molar-refractivity contribution in [2.75, 3.05) is 16.8 Å². The number of rotatable bonds is 5. The van der Waals surface area contributed by atoms with Gasteiger partial charge in [-0.25, -0.2) is 0 Å². The number of alkyl halides is 3. The molecule has 2 heterocycles. The first-order valence-corrected chi connectivity index (χ1v) is 10.2. The standard InChI is InChI=1S/C17H17F3N4O3S2/c1-8(2)27-15-22-23-16(29-15)28-9(3)14(26)24-7-13(25)21-11-6-10(17(18,19)20)4-5-12(11)24/h4-6,8-9H,7H2,1-3H3,(H,21,25). The van der Waals surface area contributed by atoms with Gasteiger partial charge in [-0.3, -0.25) is 14.5 Å². The van der Waals surface area contributed by atoms with Crippen LogP contribution in [-0.2, 0) is 15.8 Å². The van der Waals surface area contributed by atoms with E-state index in [4.69, 9.17) is 4.74 Å². The molecule has 12 heteroatoms. The highest BCUT2D eigenvalue weighted by Gasteiger charge is 2.35. The minimum Gasteiger partial charge on any atom is -0.466 e. The van der Waals surface area contributed by atoms with Crippen LogP contribution in [0.2, 0.25) is 0 Å². The molecule has 1 N–H and O–H groups in total. The fraction of sp³-hybridized carbons (Fsp3) is 0.412. The van der Waals surface area contributed by atoms with Crippen molar-refractivity contribution < 1.29 is 27.5 Å². The quantitative estimate of drug-likeness (QED) is 0.704. The molecule has 0 fully saturated rings. The van der Waals surface area contributed by atoms with Gasteiger partial charge in [-0.15, -0.1) is 5.10 Å². The molecule has 156 valence electrons. The molecule has 7 nitrogen and oxygen atoms in total. The lowest BCUT2D eigenvalue weighted by Crippen LogP contribution is -2.45. The number of halogens is 3. The summed E-state index contributed by atoms with van der Waals surface area (Å²) in [7, 11) is 0. The normalized spacial score (nSPS) is 15.1. The summed E-state index contributed by atoms with van der Waals surface area (Å²) in [5.41, 5.74) is -0.735. The van der Waals surface area contributed by atoms with Crippen LogP contribution in [0.3, 0.4) is 0 Å². The molecule has 1 aliphatic rings. The highest BCUT2D eigenvalue weighted by atomic mass is 32.2. The van der Waals surface area contributed by atoms with Crippen LogP contribution in [0.5, 0.6) is 5.19 Å². The number of anilines is 2. The summed E-state index contributed by atoms with van der Waals surface area (Å²) in [5.74, 6) is -0.988. The Hall–Kier alpha value is -2.34. The van der Waals surface area contributed by atoms with Crippen LogP contribution in [0.1, 0.15) is 26.3 Å². The number of amides is 2. The first kappa shape index (κ1) is 21.4. The van der Waals surface area contributed by atoms with Gasteiger partial charge in [0.25, 0.3) is 5.19 Å². The summed E-state index contributed by atoms with van der Waals surface area (Å²) >= 11 is 2.33. The lowest BCUT2D eigenvalue weighted by molar-refractivity contribution is -0.137. The highest BCUT2D eigenvalue weighted by molar-refractivity contribution is 8.02. The van der Waals surface area contributed by atoms with Gasteiger partial charge in [-0.05, 0) is 50.3 Å². The second-order valence-corrected chi connectivity index (χ2v) is 8.99. The van der Waals surface area contributed by atoms with Crippen LogP contribution in [0, 0.1) is 0 Å². The number of aromatic nitrogens is 2. The predicted octanol–water partition coefficient (Wildman–Crippen LogP) is 3.81. The molecule has 3 rings (SSSR count). The van der Waals surface area contributed by atoms with E-state index >= 15 is 0 Å². The van der Waals surface area contributed by atoms with E-state index in [1.165, 1.54) is 22.3 Å². The monoisotopic (exact) mass is 446 g/mol. The van der Waals surface area contributed by atoms with Crippen molar-refractivity contribution in [2.24, 2.45) is 0 Å². The van der Waals surface area contributed by atoms with Gasteiger partial charge in [0.2, 0.25) is 11.8 Å². The third kappa shape index (κ3) is 4.99. The molecular formula is C17H17F3N4O3S2. The van der Waals surface area contributed by atoms with Gasteiger partial charge in [0.15, 0.2) is 4.34 Å². The summed E-state index contributed by atoms with van der Waals surface area (Å²) < 4.78 is 44.8. The van der Waals surface area contributed by atoms with Gasteiger partial charge in [0.05, 0.1) is 28.3 Å². The smallest absolute Gasteiger partial charge is 0.416 e. The van der Waals surface area contributed by atoms with Crippen LogP contribution in [0.4, 0.5) is 24.5 Å². The Labute approximate surface area is 172 Å². The van der Waals surface area contributed by atoms with E-state index in [0.717, 1.165) is 23.9 Å².